The van der Waals surface area contributed by atoms with E-state index in [2.05, 4.69) is 15.3 Å². The molecule has 0 aliphatic carbocycles. The van der Waals surface area contributed by atoms with Gasteiger partial charge in [0.1, 0.15) is 22.8 Å². The van der Waals surface area contributed by atoms with Crippen LogP contribution < -0.4 is 14.8 Å². The number of aromatic nitrogens is 2. The SMILES string of the molecule is COc1ccc(OC)c(-c2csc(NC(=O)COC(=O)CSc3nc4ccccc4o3)n2)c1. The number of benzene rings is 2. The van der Waals surface area contributed by atoms with Gasteiger partial charge in [0, 0.05) is 10.9 Å². The first kappa shape index (κ1) is 22.6. The van der Waals surface area contributed by atoms with Crippen molar-refractivity contribution in [3.8, 4) is 22.8 Å². The van der Waals surface area contributed by atoms with Crippen molar-refractivity contribution >= 4 is 51.2 Å². The summed E-state index contributed by atoms with van der Waals surface area (Å²) in [5.41, 5.74) is 2.71. The van der Waals surface area contributed by atoms with E-state index >= 15 is 0 Å². The third-order valence-electron chi connectivity index (χ3n) is 4.39. The molecule has 0 fully saturated rings. The van der Waals surface area contributed by atoms with Gasteiger partial charge in [0.25, 0.3) is 11.1 Å². The lowest BCUT2D eigenvalue weighted by Crippen LogP contribution is -2.21. The molecule has 1 N–H and O–H groups in total. The van der Waals surface area contributed by atoms with Gasteiger partial charge < -0.3 is 18.6 Å². The second-order valence-corrected chi connectivity index (χ2v) is 8.33. The number of nitrogens with zero attached hydrogens (tertiary/aromatic N) is 2. The van der Waals surface area contributed by atoms with Crippen LogP contribution in [0.2, 0.25) is 0 Å². The highest BCUT2D eigenvalue weighted by atomic mass is 32.2. The van der Waals surface area contributed by atoms with Gasteiger partial charge in [0.2, 0.25) is 0 Å². The van der Waals surface area contributed by atoms with Gasteiger partial charge in [-0.1, -0.05) is 23.9 Å². The Morgan fingerprint density at radius 2 is 1.97 bits per heavy atom. The maximum atomic E-state index is 12.2. The van der Waals surface area contributed by atoms with E-state index in [0.29, 0.717) is 38.6 Å². The molecule has 2 aromatic heterocycles. The van der Waals surface area contributed by atoms with Gasteiger partial charge in [0.15, 0.2) is 17.3 Å². The normalized spacial score (nSPS) is 10.7. The zero-order valence-corrected chi connectivity index (χ0v) is 19.3. The molecular weight excluding hydrogens is 466 g/mol. The Kier molecular flexibility index (Phi) is 7.10. The van der Waals surface area contributed by atoms with E-state index in [4.69, 9.17) is 18.6 Å². The van der Waals surface area contributed by atoms with Crippen LogP contribution in [0.25, 0.3) is 22.4 Å². The van der Waals surface area contributed by atoms with Crippen molar-refractivity contribution in [3.05, 3.63) is 47.8 Å². The first-order valence-electron chi connectivity index (χ1n) is 9.67. The van der Waals surface area contributed by atoms with Crippen molar-refractivity contribution in [3.63, 3.8) is 0 Å². The van der Waals surface area contributed by atoms with Crippen LogP contribution in [0.5, 0.6) is 11.5 Å². The third-order valence-corrected chi connectivity index (χ3v) is 5.94. The van der Waals surface area contributed by atoms with Crippen LogP contribution in [0.1, 0.15) is 0 Å². The minimum atomic E-state index is -0.557. The summed E-state index contributed by atoms with van der Waals surface area (Å²) in [7, 11) is 3.14. The fourth-order valence-corrected chi connectivity index (χ4v) is 4.21. The number of ether oxygens (including phenoxy) is 3. The van der Waals surface area contributed by atoms with Crippen molar-refractivity contribution in [2.75, 3.05) is 31.9 Å². The van der Waals surface area contributed by atoms with Gasteiger partial charge in [-0.25, -0.2) is 9.97 Å². The monoisotopic (exact) mass is 485 g/mol. The molecule has 1 amide bonds. The molecule has 0 aliphatic heterocycles. The molecule has 4 aromatic rings. The molecule has 9 nitrogen and oxygen atoms in total. The van der Waals surface area contributed by atoms with E-state index in [0.717, 1.165) is 17.3 Å². The minimum Gasteiger partial charge on any atom is -0.497 e. The van der Waals surface area contributed by atoms with Crippen LogP contribution >= 0.6 is 23.1 Å². The number of carbonyl (C=O) groups is 2. The number of esters is 1. The summed E-state index contributed by atoms with van der Waals surface area (Å²) in [6.07, 6.45) is 0. The molecule has 2 heterocycles. The predicted octanol–water partition coefficient (Wildman–Crippen LogP) is 4.24. The Balaban J connectivity index is 1.28. The highest BCUT2D eigenvalue weighted by molar-refractivity contribution is 7.99. The van der Waals surface area contributed by atoms with Crippen molar-refractivity contribution in [2.45, 2.75) is 5.22 Å². The fraction of sp³-hybridized carbons (Fsp3) is 0.182. The molecular formula is C22H19N3O6S2. The van der Waals surface area contributed by atoms with Crippen molar-refractivity contribution in [1.29, 1.82) is 0 Å². The molecule has 0 atom stereocenters. The molecule has 33 heavy (non-hydrogen) atoms. The van der Waals surface area contributed by atoms with Crippen LogP contribution in [-0.4, -0.2) is 48.4 Å². The van der Waals surface area contributed by atoms with E-state index in [-0.39, 0.29) is 5.75 Å². The molecule has 170 valence electrons. The Morgan fingerprint density at radius 3 is 2.76 bits per heavy atom. The summed E-state index contributed by atoms with van der Waals surface area (Å²) in [5.74, 6) is 0.209. The van der Waals surface area contributed by atoms with Crippen molar-refractivity contribution < 1.29 is 28.2 Å². The Morgan fingerprint density at radius 1 is 1.12 bits per heavy atom. The molecule has 0 aliphatic rings. The summed E-state index contributed by atoms with van der Waals surface area (Å²) >= 11 is 2.35. The maximum Gasteiger partial charge on any atom is 0.316 e. The summed E-state index contributed by atoms with van der Waals surface area (Å²) < 4.78 is 21.2. The summed E-state index contributed by atoms with van der Waals surface area (Å²) in [6, 6.07) is 12.7. The number of para-hydroxylation sites is 2. The number of oxazole rings is 1. The molecule has 0 bridgehead atoms. The average molecular weight is 486 g/mol. The lowest BCUT2D eigenvalue weighted by atomic mass is 10.1. The zero-order chi connectivity index (χ0) is 23.2. The number of methoxy groups -OCH3 is 2. The van der Waals surface area contributed by atoms with E-state index in [1.165, 1.54) is 11.3 Å². The van der Waals surface area contributed by atoms with Crippen LogP contribution in [0, 0.1) is 0 Å². The summed E-state index contributed by atoms with van der Waals surface area (Å²) in [6.45, 7) is -0.426. The number of fused-ring (bicyclic) bond motifs is 1. The van der Waals surface area contributed by atoms with E-state index in [9.17, 15) is 9.59 Å². The number of hydrogen-bond donors (Lipinski definition) is 1. The molecule has 0 radical (unpaired) electrons. The number of hydrogen-bond acceptors (Lipinski definition) is 10. The number of carbonyl (C=O) groups excluding carboxylic acids is 2. The number of anilines is 1. The Hall–Kier alpha value is -3.57. The standard InChI is InChI=1S/C22H19N3O6S2/c1-28-13-7-8-17(29-2)14(9-13)16-11-32-21(23-16)25-19(26)10-30-20(27)12-33-22-24-15-5-3-4-6-18(15)31-22/h3-9,11H,10,12H2,1-2H3,(H,23,25,26). The predicted molar refractivity (Wildman–Crippen MR) is 125 cm³/mol. The molecule has 11 heteroatoms. The highest BCUT2D eigenvalue weighted by Gasteiger charge is 2.15. The number of rotatable bonds is 9. The van der Waals surface area contributed by atoms with Gasteiger partial charge >= 0.3 is 5.97 Å². The molecule has 0 saturated heterocycles. The lowest BCUT2D eigenvalue weighted by molar-refractivity contribution is -0.144. The van der Waals surface area contributed by atoms with Gasteiger partial charge in [-0.3, -0.25) is 14.9 Å². The van der Waals surface area contributed by atoms with Crippen molar-refractivity contribution in [2.24, 2.45) is 0 Å². The first-order valence-corrected chi connectivity index (χ1v) is 11.5. The number of amides is 1. The second-order valence-electron chi connectivity index (χ2n) is 6.55. The van der Waals surface area contributed by atoms with E-state index in [1.807, 2.05) is 18.2 Å². The average Bonchev–Trinajstić information content (AvgIpc) is 3.47. The smallest absolute Gasteiger partial charge is 0.316 e. The van der Waals surface area contributed by atoms with Crippen LogP contribution in [0.15, 0.2) is 57.5 Å². The molecule has 0 saturated carbocycles. The van der Waals surface area contributed by atoms with Crippen LogP contribution in [0.4, 0.5) is 5.13 Å². The quantitative estimate of drug-likeness (QED) is 0.275. The highest BCUT2D eigenvalue weighted by Crippen LogP contribution is 2.35. The van der Waals surface area contributed by atoms with Crippen LogP contribution in [-0.2, 0) is 14.3 Å². The molecule has 2 aromatic carbocycles. The summed E-state index contributed by atoms with van der Waals surface area (Å²) in [4.78, 5) is 32.8. The maximum absolute atomic E-state index is 12.2. The lowest BCUT2D eigenvalue weighted by Gasteiger charge is -2.08. The molecule has 0 unspecified atom stereocenters. The third kappa shape index (κ3) is 5.62. The largest absolute Gasteiger partial charge is 0.497 e. The second kappa shape index (κ2) is 10.4. The molecule has 0 spiro atoms. The number of nitrogens with one attached hydrogen (secondary N) is 1. The number of thiazole rings is 1. The molecule has 4 rings (SSSR count). The van der Waals surface area contributed by atoms with E-state index in [1.54, 1.807) is 43.9 Å². The van der Waals surface area contributed by atoms with Gasteiger partial charge in [-0.05, 0) is 30.3 Å². The van der Waals surface area contributed by atoms with Gasteiger partial charge in [-0.2, -0.15) is 0 Å². The minimum absolute atomic E-state index is 0.0306. The topological polar surface area (TPSA) is 113 Å². The van der Waals surface area contributed by atoms with Crippen LogP contribution in [0.3, 0.4) is 0 Å². The Bertz CT molecular complexity index is 1250. The first-order chi connectivity index (χ1) is 16.1. The fourth-order valence-electron chi connectivity index (χ4n) is 2.85. The van der Waals surface area contributed by atoms with Crippen molar-refractivity contribution in [1.82, 2.24) is 9.97 Å². The zero-order valence-electron chi connectivity index (χ0n) is 17.7. The van der Waals surface area contributed by atoms with Gasteiger partial charge in [-0.15, -0.1) is 11.3 Å². The Labute approximate surface area is 197 Å². The number of thioether (sulfide) groups is 1. The summed E-state index contributed by atoms with van der Waals surface area (Å²) in [5, 5.41) is 5.15. The van der Waals surface area contributed by atoms with Gasteiger partial charge in [0.05, 0.1) is 19.9 Å². The van der Waals surface area contributed by atoms with E-state index < -0.39 is 18.5 Å².